The molecule has 0 bridgehead atoms. The average molecular weight is 317 g/mol. The van der Waals surface area contributed by atoms with E-state index < -0.39 is 0 Å². The van der Waals surface area contributed by atoms with E-state index in [-0.39, 0.29) is 11.6 Å². The summed E-state index contributed by atoms with van der Waals surface area (Å²) in [6.45, 7) is 2.69. The van der Waals surface area contributed by atoms with E-state index in [2.05, 4.69) is 11.4 Å². The summed E-state index contributed by atoms with van der Waals surface area (Å²) < 4.78 is 16.5. The summed E-state index contributed by atoms with van der Waals surface area (Å²) >= 11 is 0. The van der Waals surface area contributed by atoms with Crippen LogP contribution in [0, 0.1) is 11.3 Å². The van der Waals surface area contributed by atoms with E-state index in [4.69, 9.17) is 19.5 Å². The molecule has 0 radical (unpaired) electrons. The van der Waals surface area contributed by atoms with Crippen LogP contribution in [-0.2, 0) is 9.47 Å². The standard InChI is InChI=1S/C16H19N3O4/c1-21-14-3-2-12(9-17)8-13(14)18-15(20)19-5-7-23-16(10-19)4-6-22-11-16/h2-3,8H,4-7,10-11H2,1H3,(H,18,20). The first-order chi connectivity index (χ1) is 11.2. The van der Waals surface area contributed by atoms with Crippen LogP contribution in [-0.4, -0.2) is 56.6 Å². The van der Waals surface area contributed by atoms with Crippen molar-refractivity contribution in [3.63, 3.8) is 0 Å². The first kappa shape index (κ1) is 15.6. The number of anilines is 1. The number of rotatable bonds is 2. The Morgan fingerprint density at radius 2 is 2.35 bits per heavy atom. The van der Waals surface area contributed by atoms with Crippen molar-refractivity contribution in [2.45, 2.75) is 12.0 Å². The van der Waals surface area contributed by atoms with Crippen LogP contribution in [0.1, 0.15) is 12.0 Å². The molecule has 1 unspecified atom stereocenters. The van der Waals surface area contributed by atoms with Crippen LogP contribution in [0.4, 0.5) is 10.5 Å². The fraction of sp³-hybridized carbons (Fsp3) is 0.500. The molecule has 0 aromatic heterocycles. The van der Waals surface area contributed by atoms with Gasteiger partial charge in [-0.2, -0.15) is 5.26 Å². The second-order valence-corrected chi connectivity index (χ2v) is 5.71. The number of morpholine rings is 1. The molecule has 7 heteroatoms. The normalized spacial score (nSPS) is 23.6. The number of nitriles is 1. The number of carbonyl (C=O) groups is 1. The predicted octanol–water partition coefficient (Wildman–Crippen LogP) is 1.59. The van der Waals surface area contributed by atoms with Gasteiger partial charge < -0.3 is 24.4 Å². The van der Waals surface area contributed by atoms with Gasteiger partial charge in [-0.05, 0) is 18.2 Å². The van der Waals surface area contributed by atoms with Crippen LogP contribution in [0.3, 0.4) is 0 Å². The zero-order chi connectivity index (χ0) is 16.3. The largest absolute Gasteiger partial charge is 0.495 e. The molecule has 0 saturated carbocycles. The van der Waals surface area contributed by atoms with E-state index in [0.29, 0.717) is 49.9 Å². The number of hydrogen-bond donors (Lipinski definition) is 1. The Morgan fingerprint density at radius 1 is 1.48 bits per heavy atom. The Labute approximate surface area is 134 Å². The third kappa shape index (κ3) is 3.23. The summed E-state index contributed by atoms with van der Waals surface area (Å²) in [6.07, 6.45) is 0.796. The molecule has 1 aromatic rings. The van der Waals surface area contributed by atoms with Gasteiger partial charge in [0.1, 0.15) is 11.4 Å². The molecule has 1 N–H and O–H groups in total. The maximum atomic E-state index is 12.6. The van der Waals surface area contributed by atoms with Crippen molar-refractivity contribution in [1.82, 2.24) is 4.90 Å². The zero-order valence-electron chi connectivity index (χ0n) is 13.0. The summed E-state index contributed by atoms with van der Waals surface area (Å²) in [5.41, 5.74) is 0.567. The smallest absolute Gasteiger partial charge is 0.322 e. The van der Waals surface area contributed by atoms with Gasteiger partial charge in [0.05, 0.1) is 44.2 Å². The van der Waals surface area contributed by atoms with Crippen LogP contribution < -0.4 is 10.1 Å². The molecular weight excluding hydrogens is 298 g/mol. The molecule has 122 valence electrons. The fourth-order valence-electron chi connectivity index (χ4n) is 2.91. The summed E-state index contributed by atoms with van der Waals surface area (Å²) in [6, 6.07) is 6.74. The molecule has 2 saturated heterocycles. The molecule has 2 heterocycles. The molecule has 0 aliphatic carbocycles. The minimum atomic E-state index is -0.381. The van der Waals surface area contributed by atoms with Crippen molar-refractivity contribution in [1.29, 1.82) is 5.26 Å². The maximum absolute atomic E-state index is 12.6. The lowest BCUT2D eigenvalue weighted by molar-refractivity contribution is -0.0964. The topological polar surface area (TPSA) is 83.8 Å². The van der Waals surface area contributed by atoms with Crippen molar-refractivity contribution in [2.75, 3.05) is 45.3 Å². The molecule has 23 heavy (non-hydrogen) atoms. The number of nitrogens with one attached hydrogen (secondary N) is 1. The van der Waals surface area contributed by atoms with E-state index >= 15 is 0 Å². The monoisotopic (exact) mass is 317 g/mol. The third-order valence-electron chi connectivity index (χ3n) is 4.17. The maximum Gasteiger partial charge on any atom is 0.322 e. The summed E-state index contributed by atoms with van der Waals surface area (Å²) in [7, 11) is 1.52. The molecule has 2 fully saturated rings. The molecule has 1 atom stereocenters. The van der Waals surface area contributed by atoms with Gasteiger partial charge >= 0.3 is 6.03 Å². The Kier molecular flexibility index (Phi) is 4.37. The Morgan fingerprint density at radius 3 is 3.04 bits per heavy atom. The number of benzene rings is 1. The van der Waals surface area contributed by atoms with Crippen LogP contribution in [0.15, 0.2) is 18.2 Å². The quantitative estimate of drug-likeness (QED) is 0.895. The highest BCUT2D eigenvalue weighted by molar-refractivity contribution is 5.91. The number of hydrogen-bond acceptors (Lipinski definition) is 5. The lowest BCUT2D eigenvalue weighted by atomic mass is 10.0. The highest BCUT2D eigenvalue weighted by Gasteiger charge is 2.41. The van der Waals surface area contributed by atoms with Crippen molar-refractivity contribution in [2.24, 2.45) is 0 Å². The van der Waals surface area contributed by atoms with E-state index in [1.165, 1.54) is 7.11 Å². The summed E-state index contributed by atoms with van der Waals surface area (Å²) in [4.78, 5) is 14.3. The van der Waals surface area contributed by atoms with Crippen molar-refractivity contribution < 1.29 is 19.0 Å². The van der Waals surface area contributed by atoms with Gasteiger partial charge in [0.2, 0.25) is 0 Å². The lowest BCUT2D eigenvalue weighted by Gasteiger charge is -2.39. The van der Waals surface area contributed by atoms with Crippen molar-refractivity contribution in [3.8, 4) is 11.8 Å². The third-order valence-corrected chi connectivity index (χ3v) is 4.17. The number of amides is 2. The SMILES string of the molecule is COc1ccc(C#N)cc1NC(=O)N1CCOC2(CCOC2)C1. The fourth-order valence-corrected chi connectivity index (χ4v) is 2.91. The van der Waals surface area contributed by atoms with Gasteiger partial charge in [0, 0.05) is 19.6 Å². The highest BCUT2D eigenvalue weighted by atomic mass is 16.6. The molecule has 7 nitrogen and oxygen atoms in total. The van der Waals surface area contributed by atoms with Gasteiger partial charge in [-0.15, -0.1) is 0 Å². The Bertz CT molecular complexity index is 635. The molecule has 3 rings (SSSR count). The second kappa shape index (κ2) is 6.44. The highest BCUT2D eigenvalue weighted by Crippen LogP contribution is 2.29. The molecule has 2 aliphatic heterocycles. The number of urea groups is 1. The number of nitrogens with zero attached hydrogens (tertiary/aromatic N) is 2. The number of methoxy groups -OCH3 is 1. The first-order valence-corrected chi connectivity index (χ1v) is 7.52. The Hall–Kier alpha value is -2.30. The molecule has 2 aliphatic rings. The van der Waals surface area contributed by atoms with Crippen molar-refractivity contribution >= 4 is 11.7 Å². The molecule has 1 spiro atoms. The van der Waals surface area contributed by atoms with Crippen LogP contribution >= 0.6 is 0 Å². The lowest BCUT2D eigenvalue weighted by Crippen LogP contribution is -2.55. The van der Waals surface area contributed by atoms with Gasteiger partial charge in [-0.25, -0.2) is 4.79 Å². The second-order valence-electron chi connectivity index (χ2n) is 5.71. The van der Waals surface area contributed by atoms with Gasteiger partial charge in [-0.3, -0.25) is 0 Å². The summed E-state index contributed by atoms with van der Waals surface area (Å²) in [5, 5.41) is 11.8. The summed E-state index contributed by atoms with van der Waals surface area (Å²) in [5.74, 6) is 0.518. The van der Waals surface area contributed by atoms with Crippen LogP contribution in [0.25, 0.3) is 0 Å². The average Bonchev–Trinajstić information content (AvgIpc) is 3.02. The van der Waals surface area contributed by atoms with Gasteiger partial charge in [-0.1, -0.05) is 0 Å². The van der Waals surface area contributed by atoms with E-state index in [1.54, 1.807) is 23.1 Å². The van der Waals surface area contributed by atoms with E-state index in [0.717, 1.165) is 6.42 Å². The van der Waals surface area contributed by atoms with Crippen molar-refractivity contribution in [3.05, 3.63) is 23.8 Å². The van der Waals surface area contributed by atoms with Gasteiger partial charge in [0.15, 0.2) is 0 Å². The minimum Gasteiger partial charge on any atom is -0.495 e. The first-order valence-electron chi connectivity index (χ1n) is 7.52. The predicted molar refractivity (Wildman–Crippen MR) is 82.4 cm³/mol. The molecular formula is C16H19N3O4. The zero-order valence-corrected chi connectivity index (χ0v) is 13.0. The van der Waals surface area contributed by atoms with E-state index in [9.17, 15) is 4.79 Å². The Balaban J connectivity index is 1.73. The molecule has 2 amide bonds. The van der Waals surface area contributed by atoms with Crippen LogP contribution in [0.2, 0.25) is 0 Å². The number of carbonyl (C=O) groups excluding carboxylic acids is 1. The van der Waals surface area contributed by atoms with E-state index in [1.807, 2.05) is 0 Å². The van der Waals surface area contributed by atoms with Crippen LogP contribution in [0.5, 0.6) is 5.75 Å². The van der Waals surface area contributed by atoms with Gasteiger partial charge in [0.25, 0.3) is 0 Å². The molecule has 1 aromatic carbocycles. The number of ether oxygens (including phenoxy) is 3. The minimum absolute atomic E-state index is 0.229.